The standard InChI is InChI=1S/C19H23ClOS/c1-12-4-5-15(13(2)8-12)11-21-18-9-14(3)22-19-7-6-16(20)10-17(18)19/h4-8,10,14,17-19H,9,11H2,1-3H3. The predicted molar refractivity (Wildman–Crippen MR) is 96.5 cm³/mol. The average Bonchev–Trinajstić information content (AvgIpc) is 2.46. The van der Waals surface area contributed by atoms with Crippen molar-refractivity contribution in [3.8, 4) is 0 Å². The maximum absolute atomic E-state index is 6.33. The number of aryl methyl sites for hydroxylation is 2. The maximum atomic E-state index is 6.33. The van der Waals surface area contributed by atoms with E-state index in [1.807, 2.05) is 17.8 Å². The van der Waals surface area contributed by atoms with Gasteiger partial charge >= 0.3 is 0 Å². The third kappa shape index (κ3) is 3.61. The molecule has 4 atom stereocenters. The Hall–Kier alpha value is -0.700. The van der Waals surface area contributed by atoms with E-state index < -0.39 is 0 Å². The van der Waals surface area contributed by atoms with E-state index >= 15 is 0 Å². The molecule has 0 radical (unpaired) electrons. The molecule has 0 amide bonds. The van der Waals surface area contributed by atoms with Gasteiger partial charge in [0.15, 0.2) is 0 Å². The Morgan fingerprint density at radius 1 is 1.32 bits per heavy atom. The summed E-state index contributed by atoms with van der Waals surface area (Å²) in [5.74, 6) is 0.393. The van der Waals surface area contributed by atoms with Crippen LogP contribution in [0.5, 0.6) is 0 Å². The highest BCUT2D eigenvalue weighted by molar-refractivity contribution is 8.00. The summed E-state index contributed by atoms with van der Waals surface area (Å²) in [5, 5.41) is 1.96. The summed E-state index contributed by atoms with van der Waals surface area (Å²) in [4.78, 5) is 0. The van der Waals surface area contributed by atoms with Gasteiger partial charge in [0, 0.05) is 21.5 Å². The number of fused-ring (bicyclic) bond motifs is 1. The van der Waals surface area contributed by atoms with E-state index in [0.29, 0.717) is 23.0 Å². The minimum absolute atomic E-state index is 0.251. The second kappa shape index (κ2) is 6.82. The Morgan fingerprint density at radius 3 is 2.91 bits per heavy atom. The quantitative estimate of drug-likeness (QED) is 0.732. The molecule has 0 bridgehead atoms. The molecular weight excluding hydrogens is 312 g/mol. The van der Waals surface area contributed by atoms with Gasteiger partial charge in [0.2, 0.25) is 0 Å². The zero-order valence-corrected chi connectivity index (χ0v) is 15.0. The Morgan fingerprint density at radius 2 is 2.14 bits per heavy atom. The molecule has 4 unspecified atom stereocenters. The van der Waals surface area contributed by atoms with Crippen molar-refractivity contribution < 1.29 is 4.74 Å². The lowest BCUT2D eigenvalue weighted by atomic mass is 9.90. The Labute approximate surface area is 142 Å². The van der Waals surface area contributed by atoms with Gasteiger partial charge in [0.25, 0.3) is 0 Å². The molecule has 1 aromatic rings. The van der Waals surface area contributed by atoms with Gasteiger partial charge < -0.3 is 4.74 Å². The molecule has 0 saturated carbocycles. The van der Waals surface area contributed by atoms with E-state index in [2.05, 4.69) is 51.1 Å². The molecule has 1 saturated heterocycles. The number of halogens is 1. The predicted octanol–water partition coefficient (Wildman–Crippen LogP) is 5.39. The third-order valence-electron chi connectivity index (χ3n) is 4.51. The van der Waals surface area contributed by atoms with Crippen molar-refractivity contribution in [1.29, 1.82) is 0 Å². The van der Waals surface area contributed by atoms with Gasteiger partial charge in [-0.2, -0.15) is 11.8 Å². The lowest BCUT2D eigenvalue weighted by Gasteiger charge is -2.39. The van der Waals surface area contributed by atoms with Crippen LogP contribution in [-0.2, 0) is 11.3 Å². The van der Waals surface area contributed by atoms with Crippen LogP contribution in [-0.4, -0.2) is 16.6 Å². The fourth-order valence-corrected chi connectivity index (χ4v) is 4.96. The highest BCUT2D eigenvalue weighted by atomic mass is 35.5. The zero-order valence-electron chi connectivity index (χ0n) is 13.4. The minimum Gasteiger partial charge on any atom is -0.373 e. The van der Waals surface area contributed by atoms with Crippen LogP contribution in [0, 0.1) is 19.8 Å². The number of thioether (sulfide) groups is 1. The lowest BCUT2D eigenvalue weighted by Crippen LogP contribution is -2.38. The number of hydrogen-bond acceptors (Lipinski definition) is 2. The van der Waals surface area contributed by atoms with E-state index in [4.69, 9.17) is 16.3 Å². The topological polar surface area (TPSA) is 9.23 Å². The molecule has 1 aromatic carbocycles. The second-order valence-electron chi connectivity index (χ2n) is 6.41. The summed E-state index contributed by atoms with van der Waals surface area (Å²) in [6.45, 7) is 7.27. The molecule has 3 rings (SSSR count). The third-order valence-corrected chi connectivity index (χ3v) is 6.20. The smallest absolute Gasteiger partial charge is 0.0723 e. The minimum atomic E-state index is 0.251. The number of hydrogen-bond donors (Lipinski definition) is 0. The monoisotopic (exact) mass is 334 g/mol. The summed E-state index contributed by atoms with van der Waals surface area (Å²) in [6.07, 6.45) is 7.78. The van der Waals surface area contributed by atoms with Crippen molar-refractivity contribution >= 4 is 23.4 Å². The average molecular weight is 335 g/mol. The Balaban J connectivity index is 1.71. The van der Waals surface area contributed by atoms with Crippen molar-refractivity contribution in [1.82, 2.24) is 0 Å². The van der Waals surface area contributed by atoms with E-state index in [1.165, 1.54) is 16.7 Å². The first-order chi connectivity index (χ1) is 10.5. The highest BCUT2D eigenvalue weighted by Crippen LogP contribution is 2.42. The second-order valence-corrected chi connectivity index (χ2v) is 8.47. The van der Waals surface area contributed by atoms with Crippen LogP contribution in [0.4, 0.5) is 0 Å². The first kappa shape index (κ1) is 16.2. The fourth-order valence-electron chi connectivity index (χ4n) is 3.30. The van der Waals surface area contributed by atoms with E-state index in [9.17, 15) is 0 Å². The Kier molecular flexibility index (Phi) is 5.01. The number of rotatable bonds is 3. The molecule has 1 aliphatic heterocycles. The molecule has 0 N–H and O–H groups in total. The summed E-state index contributed by atoms with van der Waals surface area (Å²) < 4.78 is 6.33. The van der Waals surface area contributed by atoms with Gasteiger partial charge in [-0.1, -0.05) is 54.4 Å². The molecular formula is C19H23ClOS. The van der Waals surface area contributed by atoms with Gasteiger partial charge in [0.05, 0.1) is 12.7 Å². The number of benzene rings is 1. The largest absolute Gasteiger partial charge is 0.373 e. The van der Waals surface area contributed by atoms with Crippen LogP contribution in [0.25, 0.3) is 0 Å². The molecule has 118 valence electrons. The molecule has 0 aromatic heterocycles. The van der Waals surface area contributed by atoms with Crippen LogP contribution < -0.4 is 0 Å². The summed E-state index contributed by atoms with van der Waals surface area (Å²) >= 11 is 8.24. The van der Waals surface area contributed by atoms with Crippen molar-refractivity contribution in [2.75, 3.05) is 0 Å². The van der Waals surface area contributed by atoms with E-state index in [0.717, 1.165) is 11.5 Å². The summed E-state index contributed by atoms with van der Waals surface area (Å²) in [7, 11) is 0. The maximum Gasteiger partial charge on any atom is 0.0723 e. The van der Waals surface area contributed by atoms with Gasteiger partial charge in [0.1, 0.15) is 0 Å². The number of allylic oxidation sites excluding steroid dienone is 2. The first-order valence-electron chi connectivity index (χ1n) is 7.91. The Bertz CT molecular complexity index is 607. The molecule has 2 aliphatic rings. The molecule has 0 spiro atoms. The SMILES string of the molecule is Cc1ccc(COC2CC(C)SC3C=CC(Cl)=CC23)c(C)c1. The van der Waals surface area contributed by atoms with Gasteiger partial charge in [-0.05, 0) is 37.5 Å². The van der Waals surface area contributed by atoms with Crippen molar-refractivity contribution in [3.63, 3.8) is 0 Å². The molecule has 1 fully saturated rings. The van der Waals surface area contributed by atoms with Crippen molar-refractivity contribution in [2.45, 2.75) is 50.4 Å². The van der Waals surface area contributed by atoms with Crippen LogP contribution in [0.1, 0.15) is 30.0 Å². The zero-order chi connectivity index (χ0) is 15.7. The summed E-state index contributed by atoms with van der Waals surface area (Å²) in [5.41, 5.74) is 3.90. The molecule has 1 aliphatic carbocycles. The van der Waals surface area contributed by atoms with E-state index in [-0.39, 0.29) is 6.10 Å². The van der Waals surface area contributed by atoms with Gasteiger partial charge in [-0.25, -0.2) is 0 Å². The number of ether oxygens (including phenoxy) is 1. The normalized spacial score (nSPS) is 30.8. The van der Waals surface area contributed by atoms with Crippen LogP contribution in [0.15, 0.2) is 41.5 Å². The lowest BCUT2D eigenvalue weighted by molar-refractivity contribution is 0.00694. The van der Waals surface area contributed by atoms with E-state index in [1.54, 1.807) is 0 Å². The molecule has 3 heteroatoms. The van der Waals surface area contributed by atoms with Crippen LogP contribution in [0.3, 0.4) is 0 Å². The molecule has 1 heterocycles. The molecule has 1 nitrogen and oxygen atoms in total. The fraction of sp³-hybridized carbons (Fsp3) is 0.474. The van der Waals surface area contributed by atoms with Gasteiger partial charge in [-0.15, -0.1) is 0 Å². The highest BCUT2D eigenvalue weighted by Gasteiger charge is 2.36. The van der Waals surface area contributed by atoms with Crippen molar-refractivity contribution in [3.05, 3.63) is 58.1 Å². The van der Waals surface area contributed by atoms with Crippen LogP contribution >= 0.6 is 23.4 Å². The molecule has 22 heavy (non-hydrogen) atoms. The van der Waals surface area contributed by atoms with Crippen molar-refractivity contribution in [2.24, 2.45) is 5.92 Å². The van der Waals surface area contributed by atoms with Gasteiger partial charge in [-0.3, -0.25) is 0 Å². The first-order valence-corrected chi connectivity index (χ1v) is 9.23. The van der Waals surface area contributed by atoms with Crippen LogP contribution in [0.2, 0.25) is 0 Å². The summed E-state index contributed by atoms with van der Waals surface area (Å²) in [6, 6.07) is 6.57.